The molecule has 0 aliphatic rings. The average Bonchev–Trinajstić information content (AvgIpc) is 1.38. The Hall–Kier alpha value is -0.0800. The van der Waals surface area contributed by atoms with Gasteiger partial charge in [-0.2, -0.15) is 0 Å². The van der Waals surface area contributed by atoms with Crippen molar-refractivity contribution < 1.29 is 10.0 Å². The molecule has 1 N–H and O–H groups in total. The second kappa shape index (κ2) is 2.18. The summed E-state index contributed by atoms with van der Waals surface area (Å²) in [4.78, 5) is 0.949. The lowest BCUT2D eigenvalue weighted by Gasteiger charge is -2.07. The van der Waals surface area contributed by atoms with Gasteiger partial charge >= 0.3 is 0 Å². The third-order valence-corrected chi connectivity index (χ3v) is 0.289. The molecule has 0 fully saturated rings. The maximum Gasteiger partial charge on any atom is 0.0653 e. The molecule has 2 nitrogen and oxygen atoms in total. The first-order valence-corrected chi connectivity index (χ1v) is 1.64. The summed E-state index contributed by atoms with van der Waals surface area (Å²) in [5.74, 6) is 0. The zero-order valence-corrected chi connectivity index (χ0v) is 3.62. The van der Waals surface area contributed by atoms with E-state index in [9.17, 15) is 5.11 Å². The molecule has 0 aromatic heterocycles. The van der Waals surface area contributed by atoms with E-state index in [4.69, 9.17) is 0 Å². The molecule has 0 aromatic rings. The van der Waals surface area contributed by atoms with Crippen LogP contribution >= 0.6 is 0 Å². The Morgan fingerprint density at radius 2 is 1.80 bits per heavy atom. The van der Waals surface area contributed by atoms with Crippen LogP contribution < -0.4 is 10.0 Å². The maximum absolute atomic E-state index is 9.59. The summed E-state index contributed by atoms with van der Waals surface area (Å²) in [6, 6.07) is 0. The summed E-state index contributed by atoms with van der Waals surface area (Å²) in [5.41, 5.74) is 0. The van der Waals surface area contributed by atoms with Crippen molar-refractivity contribution in [3.8, 4) is 0 Å². The summed E-state index contributed by atoms with van der Waals surface area (Å²) < 4.78 is 0. The minimum atomic E-state index is -0.0278. The van der Waals surface area contributed by atoms with Crippen molar-refractivity contribution in [2.24, 2.45) is 0 Å². The maximum atomic E-state index is 9.59. The highest BCUT2D eigenvalue weighted by molar-refractivity contribution is 3.68. The van der Waals surface area contributed by atoms with Crippen LogP contribution in [0.2, 0.25) is 0 Å². The number of quaternary nitrogens is 1. The van der Waals surface area contributed by atoms with Crippen molar-refractivity contribution in [1.82, 2.24) is 0 Å². The van der Waals surface area contributed by atoms with Crippen molar-refractivity contribution in [2.75, 3.05) is 20.8 Å². The third-order valence-electron chi connectivity index (χ3n) is 0.289. The van der Waals surface area contributed by atoms with Crippen LogP contribution in [0, 0.1) is 0 Å². The monoisotopic (exact) mass is 75.1 g/mol. The molecular formula is C3H9NO. The first-order valence-electron chi connectivity index (χ1n) is 1.64. The lowest BCUT2D eigenvalue weighted by Crippen LogP contribution is -3.07. The van der Waals surface area contributed by atoms with Crippen LogP contribution in [-0.2, 0) is 0 Å². The SMILES string of the molecule is C[NH+](C)C[O-]. The Morgan fingerprint density at radius 3 is 1.80 bits per heavy atom. The van der Waals surface area contributed by atoms with Gasteiger partial charge in [0.1, 0.15) is 0 Å². The average molecular weight is 75.1 g/mol. The topological polar surface area (TPSA) is 27.5 Å². The van der Waals surface area contributed by atoms with Crippen LogP contribution in [0.3, 0.4) is 0 Å². The van der Waals surface area contributed by atoms with Gasteiger partial charge in [-0.15, -0.1) is 0 Å². The molecule has 5 heavy (non-hydrogen) atoms. The second-order valence-corrected chi connectivity index (χ2v) is 1.35. The van der Waals surface area contributed by atoms with Gasteiger partial charge < -0.3 is 10.0 Å². The molecular weight excluding hydrogens is 66.0 g/mol. The summed E-state index contributed by atoms with van der Waals surface area (Å²) in [5, 5.41) is 9.59. The first kappa shape index (κ1) is 4.92. The van der Waals surface area contributed by atoms with Crippen LogP contribution in [0.1, 0.15) is 0 Å². The fourth-order valence-corrected chi connectivity index (χ4v) is 0. The van der Waals surface area contributed by atoms with Crippen molar-refractivity contribution in [3.63, 3.8) is 0 Å². The Kier molecular flexibility index (Phi) is 2.14. The Morgan fingerprint density at radius 1 is 1.60 bits per heavy atom. The van der Waals surface area contributed by atoms with Crippen LogP contribution in [-0.4, -0.2) is 20.8 Å². The van der Waals surface area contributed by atoms with Gasteiger partial charge in [0.15, 0.2) is 0 Å². The Bertz CT molecular complexity index is 20.9. The predicted octanol–water partition coefficient (Wildman–Crippen LogP) is -2.55. The zero-order chi connectivity index (χ0) is 4.28. The molecule has 0 saturated heterocycles. The molecule has 0 atom stereocenters. The minimum Gasteiger partial charge on any atom is -0.809 e. The molecule has 0 aliphatic carbocycles. The Labute approximate surface area is 32.0 Å². The first-order chi connectivity index (χ1) is 2.27. The summed E-state index contributed by atoms with van der Waals surface area (Å²) >= 11 is 0. The number of rotatable bonds is 1. The summed E-state index contributed by atoms with van der Waals surface area (Å²) in [6.45, 7) is -0.0278. The van der Waals surface area contributed by atoms with Gasteiger partial charge in [0.25, 0.3) is 0 Å². The quantitative estimate of drug-likeness (QED) is 0.341. The molecule has 0 radical (unpaired) electrons. The third kappa shape index (κ3) is 3.92. The number of nitrogens with one attached hydrogen (secondary N) is 1. The van der Waals surface area contributed by atoms with Crippen molar-refractivity contribution in [1.29, 1.82) is 0 Å². The highest BCUT2D eigenvalue weighted by Gasteiger charge is 1.68. The van der Waals surface area contributed by atoms with Crippen LogP contribution in [0.25, 0.3) is 0 Å². The fraction of sp³-hybridized carbons (Fsp3) is 1.00. The van der Waals surface area contributed by atoms with Crippen molar-refractivity contribution >= 4 is 0 Å². The normalized spacial score (nSPS) is 9.60. The van der Waals surface area contributed by atoms with E-state index in [1.807, 2.05) is 14.1 Å². The van der Waals surface area contributed by atoms with Crippen LogP contribution in [0.4, 0.5) is 0 Å². The van der Waals surface area contributed by atoms with E-state index < -0.39 is 0 Å². The lowest BCUT2D eigenvalue weighted by molar-refractivity contribution is -0.927. The van der Waals surface area contributed by atoms with Gasteiger partial charge in [-0.3, -0.25) is 0 Å². The smallest absolute Gasteiger partial charge is 0.0653 e. The molecule has 2 heteroatoms. The molecule has 0 aromatic carbocycles. The Balaban J connectivity index is 2.54. The molecule has 0 heterocycles. The van der Waals surface area contributed by atoms with Gasteiger partial charge in [0.2, 0.25) is 0 Å². The van der Waals surface area contributed by atoms with E-state index in [-0.39, 0.29) is 6.73 Å². The standard InChI is InChI=1S/C3H8NO/c1-4(2)3-5/h3H2,1-2H3/q-1/p+1. The van der Waals surface area contributed by atoms with E-state index >= 15 is 0 Å². The van der Waals surface area contributed by atoms with Gasteiger partial charge in [0.05, 0.1) is 14.1 Å². The zero-order valence-electron chi connectivity index (χ0n) is 3.62. The fourth-order valence-electron chi connectivity index (χ4n) is 0. The van der Waals surface area contributed by atoms with Crippen LogP contribution in [0.15, 0.2) is 0 Å². The van der Waals surface area contributed by atoms with Gasteiger partial charge in [-0.05, 0) is 0 Å². The second-order valence-electron chi connectivity index (χ2n) is 1.35. The minimum absolute atomic E-state index is 0.0278. The van der Waals surface area contributed by atoms with E-state index in [0.29, 0.717) is 0 Å². The van der Waals surface area contributed by atoms with E-state index in [2.05, 4.69) is 0 Å². The molecule has 0 bridgehead atoms. The lowest BCUT2D eigenvalue weighted by atomic mass is 11.0. The predicted molar refractivity (Wildman–Crippen MR) is 17.7 cm³/mol. The highest BCUT2D eigenvalue weighted by atomic mass is 16.3. The van der Waals surface area contributed by atoms with Crippen LogP contribution in [0.5, 0.6) is 0 Å². The molecule has 0 amide bonds. The van der Waals surface area contributed by atoms with Gasteiger partial charge in [-0.1, -0.05) is 0 Å². The molecule has 0 saturated carbocycles. The number of hydrogen-bond acceptors (Lipinski definition) is 1. The summed E-state index contributed by atoms with van der Waals surface area (Å²) in [6.07, 6.45) is 0. The molecule has 0 unspecified atom stereocenters. The molecule has 0 rings (SSSR count). The molecule has 0 spiro atoms. The number of hydrogen-bond donors (Lipinski definition) is 1. The van der Waals surface area contributed by atoms with Crippen molar-refractivity contribution in [3.05, 3.63) is 0 Å². The highest BCUT2D eigenvalue weighted by Crippen LogP contribution is 1.01. The summed E-state index contributed by atoms with van der Waals surface area (Å²) in [7, 11) is 3.65. The molecule has 32 valence electrons. The van der Waals surface area contributed by atoms with Gasteiger partial charge in [0, 0.05) is 6.73 Å². The molecule has 0 aliphatic heterocycles. The largest absolute Gasteiger partial charge is 0.809 e. The van der Waals surface area contributed by atoms with Crippen molar-refractivity contribution in [2.45, 2.75) is 0 Å². The van der Waals surface area contributed by atoms with E-state index in [0.717, 1.165) is 4.90 Å². The van der Waals surface area contributed by atoms with Gasteiger partial charge in [-0.25, -0.2) is 0 Å². The van der Waals surface area contributed by atoms with E-state index in [1.54, 1.807) is 0 Å². The van der Waals surface area contributed by atoms with E-state index in [1.165, 1.54) is 0 Å².